The molecule has 0 bridgehead atoms. The van der Waals surface area contributed by atoms with Crippen LogP contribution in [0.25, 0.3) is 0 Å². The third-order valence-corrected chi connectivity index (χ3v) is 3.41. The summed E-state index contributed by atoms with van der Waals surface area (Å²) in [5.41, 5.74) is 0.165. The van der Waals surface area contributed by atoms with Crippen LogP contribution in [-0.4, -0.2) is 12.9 Å². The fourth-order valence-electron chi connectivity index (χ4n) is 1.68. The Bertz CT molecular complexity index is 641. The average Bonchev–Trinajstić information content (AvgIpc) is 2.41. The maximum atomic E-state index is 13.4. The fourth-order valence-corrected chi connectivity index (χ4v) is 2.13. The molecule has 0 atom stereocenters. The van der Waals surface area contributed by atoms with Gasteiger partial charge in [0.2, 0.25) is 0 Å². The number of carbonyl (C=O) groups is 1. The van der Waals surface area contributed by atoms with Crippen molar-refractivity contribution in [2.24, 2.45) is 0 Å². The van der Waals surface area contributed by atoms with Gasteiger partial charge >= 0.3 is 0 Å². The molecule has 0 fully saturated rings. The van der Waals surface area contributed by atoms with Gasteiger partial charge in [0, 0.05) is 5.56 Å². The largest absolute Gasteiger partial charge is 0.496 e. The minimum Gasteiger partial charge on any atom is -0.496 e. The van der Waals surface area contributed by atoms with Crippen LogP contribution in [0.5, 0.6) is 5.75 Å². The normalized spacial score (nSPS) is 10.3. The van der Waals surface area contributed by atoms with Gasteiger partial charge in [0.15, 0.2) is 5.78 Å². The van der Waals surface area contributed by atoms with Gasteiger partial charge in [-0.2, -0.15) is 0 Å². The first kappa shape index (κ1) is 13.7. The highest BCUT2D eigenvalue weighted by Gasteiger charge is 2.19. The lowest BCUT2D eigenvalue weighted by atomic mass is 10.0. The molecule has 2 rings (SSSR count). The summed E-state index contributed by atoms with van der Waals surface area (Å²) in [6, 6.07) is 7.72. The molecule has 0 aliphatic rings. The smallest absolute Gasteiger partial charge is 0.198 e. The summed E-state index contributed by atoms with van der Waals surface area (Å²) in [4.78, 5) is 12.3. The zero-order valence-electron chi connectivity index (χ0n) is 9.91. The number of ether oxygens (including phenoxy) is 1. The van der Waals surface area contributed by atoms with Crippen molar-refractivity contribution in [1.82, 2.24) is 0 Å². The molecule has 0 saturated carbocycles. The Labute approximate surface area is 117 Å². The standard InChI is InChI=1S/C14H9BrF2O2/c1-19-12-6-5-8(16)7-10(12)14(18)9-3-2-4-11(17)13(9)15/h2-7H,1H3. The van der Waals surface area contributed by atoms with Crippen LogP contribution in [0.4, 0.5) is 8.78 Å². The van der Waals surface area contributed by atoms with Crippen LogP contribution in [0, 0.1) is 11.6 Å². The zero-order chi connectivity index (χ0) is 14.0. The molecule has 5 heteroatoms. The SMILES string of the molecule is COc1ccc(F)cc1C(=O)c1cccc(F)c1Br. The predicted molar refractivity (Wildman–Crippen MR) is 70.5 cm³/mol. The molecule has 0 N–H and O–H groups in total. The highest BCUT2D eigenvalue weighted by atomic mass is 79.9. The lowest BCUT2D eigenvalue weighted by Crippen LogP contribution is -2.06. The number of carbonyl (C=O) groups excluding carboxylic acids is 1. The van der Waals surface area contributed by atoms with Gasteiger partial charge in [0.05, 0.1) is 17.1 Å². The Hall–Kier alpha value is -1.75. The Kier molecular flexibility index (Phi) is 3.95. The fraction of sp³-hybridized carbons (Fsp3) is 0.0714. The van der Waals surface area contributed by atoms with Crippen LogP contribution in [0.15, 0.2) is 40.9 Å². The van der Waals surface area contributed by atoms with Crippen molar-refractivity contribution in [1.29, 1.82) is 0 Å². The van der Waals surface area contributed by atoms with E-state index in [-0.39, 0.29) is 21.3 Å². The number of benzene rings is 2. The quantitative estimate of drug-likeness (QED) is 0.798. The minimum absolute atomic E-state index is 0.0475. The molecule has 2 nitrogen and oxygen atoms in total. The van der Waals surface area contributed by atoms with Gasteiger partial charge < -0.3 is 4.74 Å². The van der Waals surface area contributed by atoms with Gasteiger partial charge in [0.25, 0.3) is 0 Å². The molecule has 98 valence electrons. The van der Waals surface area contributed by atoms with Gasteiger partial charge in [-0.05, 0) is 46.3 Å². The average molecular weight is 327 g/mol. The summed E-state index contributed by atoms with van der Waals surface area (Å²) in [6.07, 6.45) is 0. The van der Waals surface area contributed by atoms with Crippen LogP contribution in [0.1, 0.15) is 15.9 Å². The summed E-state index contributed by atoms with van der Waals surface area (Å²) in [7, 11) is 1.38. The second-order valence-electron chi connectivity index (χ2n) is 3.78. The van der Waals surface area contributed by atoms with Crippen LogP contribution in [-0.2, 0) is 0 Å². The first-order valence-electron chi connectivity index (χ1n) is 5.37. The number of halogens is 3. The molecule has 0 heterocycles. The van der Waals surface area contributed by atoms with Crippen molar-refractivity contribution in [3.8, 4) is 5.75 Å². The van der Waals surface area contributed by atoms with E-state index in [1.165, 1.54) is 37.4 Å². The van der Waals surface area contributed by atoms with Gasteiger partial charge in [-0.1, -0.05) is 6.07 Å². The molecular weight excluding hydrogens is 318 g/mol. The minimum atomic E-state index is -0.559. The summed E-state index contributed by atoms with van der Waals surface area (Å²) < 4.78 is 31.7. The summed E-state index contributed by atoms with van der Waals surface area (Å²) in [5.74, 6) is -1.39. The third-order valence-electron chi connectivity index (χ3n) is 2.60. The van der Waals surface area contributed by atoms with E-state index in [4.69, 9.17) is 4.74 Å². The van der Waals surface area contributed by atoms with E-state index in [0.717, 1.165) is 6.07 Å². The lowest BCUT2D eigenvalue weighted by Gasteiger charge is -2.09. The van der Waals surface area contributed by atoms with Crippen molar-refractivity contribution in [3.63, 3.8) is 0 Å². The van der Waals surface area contributed by atoms with Crippen molar-refractivity contribution in [2.75, 3.05) is 7.11 Å². The van der Waals surface area contributed by atoms with E-state index >= 15 is 0 Å². The van der Waals surface area contributed by atoms with Gasteiger partial charge in [0.1, 0.15) is 17.4 Å². The van der Waals surface area contributed by atoms with Crippen LogP contribution in [0.3, 0.4) is 0 Å². The summed E-state index contributed by atoms with van der Waals surface area (Å²) in [5, 5.41) is 0. The Morgan fingerprint density at radius 2 is 1.89 bits per heavy atom. The highest BCUT2D eigenvalue weighted by Crippen LogP contribution is 2.27. The molecule has 0 radical (unpaired) electrons. The molecule has 0 amide bonds. The Morgan fingerprint density at radius 3 is 2.58 bits per heavy atom. The van der Waals surface area contributed by atoms with E-state index in [9.17, 15) is 13.6 Å². The molecule has 0 spiro atoms. The van der Waals surface area contributed by atoms with Crippen LogP contribution >= 0.6 is 15.9 Å². The van der Waals surface area contributed by atoms with Crippen LogP contribution < -0.4 is 4.74 Å². The molecular formula is C14H9BrF2O2. The number of rotatable bonds is 3. The van der Waals surface area contributed by atoms with Crippen molar-refractivity contribution in [2.45, 2.75) is 0 Å². The topological polar surface area (TPSA) is 26.3 Å². The Morgan fingerprint density at radius 1 is 1.16 bits per heavy atom. The molecule has 0 saturated heterocycles. The maximum Gasteiger partial charge on any atom is 0.198 e. The van der Waals surface area contributed by atoms with Gasteiger partial charge in [-0.15, -0.1) is 0 Å². The van der Waals surface area contributed by atoms with Crippen molar-refractivity contribution >= 4 is 21.7 Å². The molecule has 2 aromatic carbocycles. The monoisotopic (exact) mass is 326 g/mol. The molecule has 0 aromatic heterocycles. The van der Waals surface area contributed by atoms with Crippen molar-refractivity contribution < 1.29 is 18.3 Å². The van der Waals surface area contributed by atoms with E-state index in [1.54, 1.807) is 0 Å². The van der Waals surface area contributed by atoms with Crippen LogP contribution in [0.2, 0.25) is 0 Å². The summed E-state index contributed by atoms with van der Waals surface area (Å²) >= 11 is 3.01. The number of methoxy groups -OCH3 is 1. The van der Waals surface area contributed by atoms with Gasteiger partial charge in [-0.25, -0.2) is 8.78 Å². The summed E-state index contributed by atoms with van der Waals surface area (Å²) in [6.45, 7) is 0. The highest BCUT2D eigenvalue weighted by molar-refractivity contribution is 9.10. The van der Waals surface area contributed by atoms with E-state index in [1.807, 2.05) is 0 Å². The van der Waals surface area contributed by atoms with E-state index in [0.29, 0.717) is 0 Å². The molecule has 2 aromatic rings. The number of hydrogen-bond acceptors (Lipinski definition) is 2. The molecule has 0 aliphatic carbocycles. The van der Waals surface area contributed by atoms with E-state index in [2.05, 4.69) is 15.9 Å². The second-order valence-corrected chi connectivity index (χ2v) is 4.57. The Balaban J connectivity index is 2.56. The predicted octanol–water partition coefficient (Wildman–Crippen LogP) is 3.97. The number of hydrogen-bond donors (Lipinski definition) is 0. The van der Waals surface area contributed by atoms with Crippen molar-refractivity contribution in [3.05, 3.63) is 63.6 Å². The second kappa shape index (κ2) is 5.48. The molecule has 0 aliphatic heterocycles. The first-order valence-corrected chi connectivity index (χ1v) is 6.16. The third kappa shape index (κ3) is 2.66. The zero-order valence-corrected chi connectivity index (χ0v) is 11.5. The van der Waals surface area contributed by atoms with E-state index < -0.39 is 17.4 Å². The molecule has 0 unspecified atom stereocenters. The first-order chi connectivity index (χ1) is 9.04. The van der Waals surface area contributed by atoms with Gasteiger partial charge in [-0.3, -0.25) is 4.79 Å². The lowest BCUT2D eigenvalue weighted by molar-refractivity contribution is 0.103. The maximum absolute atomic E-state index is 13.4. The molecule has 19 heavy (non-hydrogen) atoms. The number of ketones is 1.